The number of thioether (sulfide) groups is 1. The molecule has 108 valence electrons. The van der Waals surface area contributed by atoms with E-state index in [4.69, 9.17) is 0 Å². The summed E-state index contributed by atoms with van der Waals surface area (Å²) in [4.78, 5) is 13.9. The molecule has 2 aliphatic rings. The Morgan fingerprint density at radius 1 is 1.20 bits per heavy atom. The van der Waals surface area contributed by atoms with Crippen LogP contribution in [0.2, 0.25) is 0 Å². The first kappa shape index (κ1) is 13.8. The molecule has 2 aliphatic heterocycles. The van der Waals surface area contributed by atoms with Crippen molar-refractivity contribution in [3.8, 4) is 0 Å². The highest BCUT2D eigenvalue weighted by molar-refractivity contribution is 7.99. The van der Waals surface area contributed by atoms with Crippen molar-refractivity contribution in [2.45, 2.75) is 25.0 Å². The second-order valence-electron chi connectivity index (χ2n) is 5.10. The fourth-order valence-electron chi connectivity index (χ4n) is 2.86. The zero-order valence-corrected chi connectivity index (χ0v) is 11.8. The molecule has 0 aromatic heterocycles. The molecule has 1 amide bonds. The fraction of sp³-hybridized carbons (Fsp3) is 0.500. The minimum atomic E-state index is -0.872. The number of hydrogen-bond acceptors (Lipinski definition) is 3. The topological polar surface area (TPSA) is 32.3 Å². The summed E-state index contributed by atoms with van der Waals surface area (Å²) in [6.07, 6.45) is 1.57. The summed E-state index contributed by atoms with van der Waals surface area (Å²) in [7, 11) is 0. The molecule has 3 rings (SSSR count). The molecule has 1 aromatic rings. The van der Waals surface area contributed by atoms with Gasteiger partial charge in [0.05, 0.1) is 6.54 Å². The Labute approximate surface area is 120 Å². The first-order valence-electron chi connectivity index (χ1n) is 6.74. The van der Waals surface area contributed by atoms with Crippen molar-refractivity contribution >= 4 is 17.7 Å². The number of benzene rings is 1. The fourth-order valence-corrected chi connectivity index (χ4v) is 3.94. The van der Waals surface area contributed by atoms with Gasteiger partial charge in [-0.3, -0.25) is 10.1 Å². The molecule has 1 aromatic carbocycles. The van der Waals surface area contributed by atoms with Gasteiger partial charge < -0.3 is 4.90 Å². The van der Waals surface area contributed by atoms with Crippen molar-refractivity contribution < 1.29 is 13.6 Å². The number of hydrogen-bond donors (Lipinski definition) is 1. The van der Waals surface area contributed by atoms with Gasteiger partial charge in [0.1, 0.15) is 6.17 Å². The molecule has 1 atom stereocenters. The molecule has 0 bridgehead atoms. The van der Waals surface area contributed by atoms with Gasteiger partial charge in [-0.25, -0.2) is 8.78 Å². The number of carbonyl (C=O) groups is 1. The standard InChI is InChI=1S/C14H16F2N2OS/c15-11-2-1-9(7-12(11)16)14-17-8-13(19)18(14)10-3-5-20-6-4-10/h1-2,7,10,14,17H,3-6,8H2. The molecule has 2 fully saturated rings. The summed E-state index contributed by atoms with van der Waals surface area (Å²) in [5.74, 6) is 0.385. The number of nitrogens with one attached hydrogen (secondary N) is 1. The van der Waals surface area contributed by atoms with Crippen LogP contribution < -0.4 is 5.32 Å². The number of nitrogens with zero attached hydrogens (tertiary/aromatic N) is 1. The quantitative estimate of drug-likeness (QED) is 0.909. The van der Waals surface area contributed by atoms with Crippen LogP contribution in [0, 0.1) is 11.6 Å². The van der Waals surface area contributed by atoms with E-state index in [1.807, 2.05) is 16.7 Å². The van der Waals surface area contributed by atoms with E-state index in [0.29, 0.717) is 5.56 Å². The molecule has 1 N–H and O–H groups in total. The molecule has 1 unspecified atom stereocenters. The maximum atomic E-state index is 13.4. The highest BCUT2D eigenvalue weighted by Gasteiger charge is 2.37. The zero-order chi connectivity index (χ0) is 14.1. The number of carbonyl (C=O) groups excluding carboxylic acids is 1. The Hall–Kier alpha value is -1.14. The lowest BCUT2D eigenvalue weighted by Crippen LogP contribution is -2.41. The first-order chi connectivity index (χ1) is 9.66. The number of halogens is 2. The average molecular weight is 298 g/mol. The molecule has 2 heterocycles. The summed E-state index contributed by atoms with van der Waals surface area (Å²) < 4.78 is 26.4. The van der Waals surface area contributed by atoms with Gasteiger partial charge in [-0.1, -0.05) is 6.07 Å². The summed E-state index contributed by atoms with van der Waals surface area (Å²) >= 11 is 1.89. The summed E-state index contributed by atoms with van der Waals surface area (Å²) in [6.45, 7) is 0.257. The minimum absolute atomic E-state index is 0.0385. The molecular weight excluding hydrogens is 282 g/mol. The second-order valence-corrected chi connectivity index (χ2v) is 6.33. The van der Waals surface area contributed by atoms with E-state index in [0.717, 1.165) is 30.4 Å². The predicted molar refractivity (Wildman–Crippen MR) is 74.3 cm³/mol. The second kappa shape index (κ2) is 5.69. The van der Waals surface area contributed by atoms with Crippen molar-refractivity contribution in [2.24, 2.45) is 0 Å². The number of amides is 1. The van der Waals surface area contributed by atoms with E-state index in [-0.39, 0.29) is 24.7 Å². The lowest BCUT2D eigenvalue weighted by Gasteiger charge is -2.35. The lowest BCUT2D eigenvalue weighted by atomic mass is 10.1. The van der Waals surface area contributed by atoms with Gasteiger partial charge >= 0.3 is 0 Å². The third-order valence-electron chi connectivity index (χ3n) is 3.86. The summed E-state index contributed by atoms with van der Waals surface area (Å²) in [5.41, 5.74) is 0.605. The molecule has 0 saturated carbocycles. The van der Waals surface area contributed by atoms with Crippen LogP contribution in [-0.4, -0.2) is 34.9 Å². The Balaban J connectivity index is 1.86. The van der Waals surface area contributed by atoms with E-state index in [1.165, 1.54) is 6.07 Å². The Morgan fingerprint density at radius 3 is 2.65 bits per heavy atom. The largest absolute Gasteiger partial charge is 0.319 e. The minimum Gasteiger partial charge on any atom is -0.319 e. The van der Waals surface area contributed by atoms with E-state index >= 15 is 0 Å². The number of rotatable bonds is 2. The Morgan fingerprint density at radius 2 is 1.95 bits per heavy atom. The van der Waals surface area contributed by atoms with Crippen LogP contribution in [0.3, 0.4) is 0 Å². The van der Waals surface area contributed by atoms with E-state index in [2.05, 4.69) is 5.32 Å². The lowest BCUT2D eigenvalue weighted by molar-refractivity contribution is -0.130. The Kier molecular flexibility index (Phi) is 3.94. The SMILES string of the molecule is O=C1CNC(c2ccc(F)c(F)c2)N1C1CCSCC1. The van der Waals surface area contributed by atoms with Gasteiger partial charge in [0, 0.05) is 6.04 Å². The van der Waals surface area contributed by atoms with Gasteiger partial charge in [0.15, 0.2) is 11.6 Å². The van der Waals surface area contributed by atoms with Crippen molar-refractivity contribution in [1.82, 2.24) is 10.2 Å². The zero-order valence-electron chi connectivity index (χ0n) is 10.9. The van der Waals surface area contributed by atoms with Crippen LogP contribution in [0.5, 0.6) is 0 Å². The van der Waals surface area contributed by atoms with E-state index < -0.39 is 11.6 Å². The molecule has 0 radical (unpaired) electrons. The third kappa shape index (κ3) is 2.54. The van der Waals surface area contributed by atoms with Gasteiger partial charge in [0.2, 0.25) is 5.91 Å². The van der Waals surface area contributed by atoms with Crippen LogP contribution >= 0.6 is 11.8 Å². The predicted octanol–water partition coefficient (Wildman–Crippen LogP) is 2.29. The normalized spacial score (nSPS) is 24.4. The highest BCUT2D eigenvalue weighted by atomic mass is 32.2. The molecule has 0 aliphatic carbocycles. The van der Waals surface area contributed by atoms with E-state index in [9.17, 15) is 13.6 Å². The monoisotopic (exact) mass is 298 g/mol. The van der Waals surface area contributed by atoms with Gasteiger partial charge in [-0.15, -0.1) is 0 Å². The van der Waals surface area contributed by atoms with Gasteiger partial charge in [0.25, 0.3) is 0 Å². The van der Waals surface area contributed by atoms with Crippen LogP contribution in [-0.2, 0) is 4.79 Å². The summed E-state index contributed by atoms with van der Waals surface area (Å²) in [5, 5.41) is 3.10. The van der Waals surface area contributed by atoms with Crippen molar-refractivity contribution in [3.05, 3.63) is 35.4 Å². The van der Waals surface area contributed by atoms with Gasteiger partial charge in [-0.2, -0.15) is 11.8 Å². The molecular formula is C14H16F2N2OS. The summed E-state index contributed by atoms with van der Waals surface area (Å²) in [6, 6.07) is 4.02. The van der Waals surface area contributed by atoms with Gasteiger partial charge in [-0.05, 0) is 42.0 Å². The maximum absolute atomic E-state index is 13.4. The molecule has 3 nitrogen and oxygen atoms in total. The van der Waals surface area contributed by atoms with Crippen LogP contribution in [0.4, 0.5) is 8.78 Å². The van der Waals surface area contributed by atoms with Crippen LogP contribution in [0.25, 0.3) is 0 Å². The highest BCUT2D eigenvalue weighted by Crippen LogP contribution is 2.31. The Bertz CT molecular complexity index is 520. The average Bonchev–Trinajstić information content (AvgIpc) is 2.85. The van der Waals surface area contributed by atoms with E-state index in [1.54, 1.807) is 6.07 Å². The van der Waals surface area contributed by atoms with Crippen molar-refractivity contribution in [1.29, 1.82) is 0 Å². The van der Waals surface area contributed by atoms with Crippen molar-refractivity contribution in [3.63, 3.8) is 0 Å². The first-order valence-corrected chi connectivity index (χ1v) is 7.89. The smallest absolute Gasteiger partial charge is 0.238 e. The molecule has 6 heteroatoms. The van der Waals surface area contributed by atoms with Crippen molar-refractivity contribution in [2.75, 3.05) is 18.1 Å². The molecule has 2 saturated heterocycles. The molecule has 0 spiro atoms. The van der Waals surface area contributed by atoms with Crippen LogP contribution in [0.15, 0.2) is 18.2 Å². The molecule has 20 heavy (non-hydrogen) atoms. The van der Waals surface area contributed by atoms with Crippen LogP contribution in [0.1, 0.15) is 24.6 Å². The third-order valence-corrected chi connectivity index (χ3v) is 4.91. The maximum Gasteiger partial charge on any atom is 0.238 e.